The van der Waals surface area contributed by atoms with Crippen molar-refractivity contribution in [2.24, 2.45) is 0 Å². The van der Waals surface area contributed by atoms with Crippen molar-refractivity contribution in [2.75, 3.05) is 17.1 Å². The molecular weight excluding hydrogens is 445 g/mol. The molecule has 0 aliphatic heterocycles. The molecule has 0 saturated heterocycles. The van der Waals surface area contributed by atoms with Crippen molar-refractivity contribution in [3.05, 3.63) is 70.7 Å². The van der Waals surface area contributed by atoms with E-state index in [1.54, 1.807) is 0 Å². The molecule has 0 radical (unpaired) electrons. The zero-order chi connectivity index (χ0) is 23.6. The summed E-state index contributed by atoms with van der Waals surface area (Å²) in [7, 11) is 1.40. The summed E-state index contributed by atoms with van der Waals surface area (Å²) in [4.78, 5) is 12.8. The van der Waals surface area contributed by atoms with Crippen LogP contribution in [0.5, 0.6) is 5.75 Å². The molecule has 0 aliphatic rings. The molecule has 0 aliphatic carbocycles. The number of nitrogens with one attached hydrogen (secondary N) is 2. The first-order chi connectivity index (χ1) is 15.0. The van der Waals surface area contributed by atoms with E-state index in [1.165, 1.54) is 32.2 Å². The van der Waals surface area contributed by atoms with Gasteiger partial charge < -0.3 is 19.0 Å². The Bertz CT molecular complexity index is 1120. The first kappa shape index (κ1) is 23.6. The lowest BCUT2D eigenvalue weighted by atomic mass is 10.1. The molecule has 10 heteroatoms. The van der Waals surface area contributed by atoms with Gasteiger partial charge in [-0.05, 0) is 44.0 Å². The van der Waals surface area contributed by atoms with E-state index in [2.05, 4.69) is 10.0 Å². The maximum atomic E-state index is 13.2. The number of rotatable bonds is 6. The lowest BCUT2D eigenvalue weighted by Crippen LogP contribution is -2.19. The SMILES string of the molecule is COc1ccc(NC(=O)c2c(C(F)(F)F)coc2C)cc1[S+]([O-])Nc1c(C)cccc1C. The summed E-state index contributed by atoms with van der Waals surface area (Å²) >= 11 is -1.78. The highest BCUT2D eigenvalue weighted by Crippen LogP contribution is 2.35. The zero-order valence-corrected chi connectivity index (χ0v) is 18.5. The summed E-state index contributed by atoms with van der Waals surface area (Å²) in [5, 5.41) is 2.41. The van der Waals surface area contributed by atoms with Crippen LogP contribution in [0.2, 0.25) is 0 Å². The van der Waals surface area contributed by atoms with Gasteiger partial charge in [-0.1, -0.05) is 18.2 Å². The van der Waals surface area contributed by atoms with Crippen molar-refractivity contribution in [1.29, 1.82) is 0 Å². The Labute approximate surface area is 186 Å². The predicted octanol–water partition coefficient (Wildman–Crippen LogP) is 5.62. The molecule has 1 atom stereocenters. The van der Waals surface area contributed by atoms with Gasteiger partial charge in [-0.15, -0.1) is 0 Å². The highest BCUT2D eigenvalue weighted by molar-refractivity contribution is 7.92. The quantitative estimate of drug-likeness (QED) is 0.461. The van der Waals surface area contributed by atoms with Crippen molar-refractivity contribution in [3.8, 4) is 5.75 Å². The number of aryl methyl sites for hydroxylation is 3. The molecule has 170 valence electrons. The fraction of sp³-hybridized carbons (Fsp3) is 0.227. The van der Waals surface area contributed by atoms with Gasteiger partial charge in [-0.25, -0.2) is 4.72 Å². The molecule has 2 N–H and O–H groups in total. The van der Waals surface area contributed by atoms with E-state index in [9.17, 15) is 22.5 Å². The molecule has 1 amide bonds. The lowest BCUT2D eigenvalue weighted by Gasteiger charge is -2.18. The van der Waals surface area contributed by atoms with Crippen LogP contribution in [0.1, 0.15) is 32.8 Å². The minimum atomic E-state index is -4.74. The lowest BCUT2D eigenvalue weighted by molar-refractivity contribution is -0.138. The smallest absolute Gasteiger partial charge is 0.420 e. The summed E-state index contributed by atoms with van der Waals surface area (Å²) in [5.74, 6) is -0.868. The molecule has 32 heavy (non-hydrogen) atoms. The summed E-state index contributed by atoms with van der Waals surface area (Å²) in [6, 6.07) is 9.91. The van der Waals surface area contributed by atoms with Crippen LogP contribution in [-0.4, -0.2) is 17.6 Å². The van der Waals surface area contributed by atoms with Gasteiger partial charge in [-0.3, -0.25) is 4.79 Å². The first-order valence-electron chi connectivity index (χ1n) is 9.42. The number of halogens is 3. The summed E-state index contributed by atoms with van der Waals surface area (Å²) < 4.78 is 65.6. The fourth-order valence-electron chi connectivity index (χ4n) is 3.16. The molecular formula is C22H21F3N2O4S. The van der Waals surface area contributed by atoms with Gasteiger partial charge in [-0.2, -0.15) is 13.2 Å². The van der Waals surface area contributed by atoms with E-state index in [1.807, 2.05) is 32.0 Å². The molecule has 3 aromatic rings. The van der Waals surface area contributed by atoms with Crippen LogP contribution in [0.4, 0.5) is 24.5 Å². The number of methoxy groups -OCH3 is 1. The normalized spacial score (nSPS) is 12.4. The number of furan rings is 1. The molecule has 1 aromatic heterocycles. The van der Waals surface area contributed by atoms with Crippen molar-refractivity contribution >= 4 is 28.6 Å². The van der Waals surface area contributed by atoms with Crippen molar-refractivity contribution in [2.45, 2.75) is 31.8 Å². The molecule has 1 unspecified atom stereocenters. The van der Waals surface area contributed by atoms with Crippen LogP contribution in [-0.2, 0) is 17.5 Å². The second-order valence-corrected chi connectivity index (χ2v) is 8.22. The van der Waals surface area contributed by atoms with Gasteiger partial charge in [0.15, 0.2) is 5.75 Å². The summed E-state index contributed by atoms with van der Waals surface area (Å²) in [6.45, 7) is 5.00. The van der Waals surface area contributed by atoms with Crippen LogP contribution in [0.3, 0.4) is 0 Å². The second kappa shape index (κ2) is 9.17. The van der Waals surface area contributed by atoms with Gasteiger partial charge in [0.05, 0.1) is 18.4 Å². The third-order valence-corrected chi connectivity index (χ3v) is 5.91. The van der Waals surface area contributed by atoms with Crippen LogP contribution >= 0.6 is 0 Å². The number of carbonyl (C=O) groups is 1. The van der Waals surface area contributed by atoms with E-state index in [0.717, 1.165) is 11.1 Å². The van der Waals surface area contributed by atoms with Crippen molar-refractivity contribution in [1.82, 2.24) is 0 Å². The fourth-order valence-corrected chi connectivity index (χ4v) is 4.35. The monoisotopic (exact) mass is 466 g/mol. The zero-order valence-electron chi connectivity index (χ0n) is 17.7. The second-order valence-electron chi connectivity index (χ2n) is 7.04. The number of ether oxygens (including phenoxy) is 1. The Kier molecular flexibility index (Phi) is 6.75. The largest absolute Gasteiger partial charge is 0.588 e. The number of anilines is 2. The Morgan fingerprint density at radius 3 is 2.38 bits per heavy atom. The number of alkyl halides is 3. The van der Waals surface area contributed by atoms with E-state index in [0.29, 0.717) is 12.0 Å². The molecule has 0 fully saturated rings. The van der Waals surface area contributed by atoms with E-state index in [-0.39, 0.29) is 22.1 Å². The minimum Gasteiger partial charge on any atom is -0.588 e. The van der Waals surface area contributed by atoms with Gasteiger partial charge in [0.2, 0.25) is 4.90 Å². The number of para-hydroxylation sites is 1. The average molecular weight is 466 g/mol. The van der Waals surface area contributed by atoms with Crippen LogP contribution in [0.15, 0.2) is 52.0 Å². The maximum absolute atomic E-state index is 13.2. The van der Waals surface area contributed by atoms with Gasteiger partial charge in [0, 0.05) is 11.8 Å². The molecule has 0 saturated carbocycles. The molecule has 3 rings (SSSR count). The van der Waals surface area contributed by atoms with Crippen LogP contribution in [0, 0.1) is 20.8 Å². The maximum Gasteiger partial charge on any atom is 0.420 e. The number of amides is 1. The standard InChI is InChI=1S/C22H21F3N2O4S/c1-12-6-5-7-13(2)20(12)27-32(29)18-10-15(8-9-17(18)30-4)26-21(28)19-14(3)31-11-16(19)22(23,24)25/h5-11,27H,1-4H3,(H,26,28). The topological polar surface area (TPSA) is 86.6 Å². The Morgan fingerprint density at radius 2 is 1.78 bits per heavy atom. The highest BCUT2D eigenvalue weighted by Gasteiger charge is 2.38. The summed E-state index contributed by atoms with van der Waals surface area (Å²) in [6.07, 6.45) is -4.24. The Hall–Kier alpha value is -3.11. The molecule has 0 spiro atoms. The Balaban J connectivity index is 1.90. The van der Waals surface area contributed by atoms with Crippen molar-refractivity contribution < 1.29 is 31.7 Å². The average Bonchev–Trinajstić information content (AvgIpc) is 3.12. The minimum absolute atomic E-state index is 0.149. The van der Waals surface area contributed by atoms with Crippen molar-refractivity contribution in [3.63, 3.8) is 0 Å². The van der Waals surface area contributed by atoms with Crippen LogP contribution < -0.4 is 14.8 Å². The number of carbonyl (C=O) groups excluding carboxylic acids is 1. The predicted molar refractivity (Wildman–Crippen MR) is 115 cm³/mol. The molecule has 6 nitrogen and oxygen atoms in total. The molecule has 2 aromatic carbocycles. The van der Waals surface area contributed by atoms with Gasteiger partial charge >= 0.3 is 6.18 Å². The summed E-state index contributed by atoms with van der Waals surface area (Å²) in [5.41, 5.74) is 0.835. The molecule has 1 heterocycles. The van der Waals surface area contributed by atoms with Gasteiger partial charge in [0.1, 0.15) is 28.9 Å². The van der Waals surface area contributed by atoms with Gasteiger partial charge in [0.25, 0.3) is 5.91 Å². The van der Waals surface area contributed by atoms with E-state index in [4.69, 9.17) is 9.15 Å². The third kappa shape index (κ3) is 4.86. The third-order valence-electron chi connectivity index (χ3n) is 4.80. The van der Waals surface area contributed by atoms with Crippen LogP contribution in [0.25, 0.3) is 0 Å². The Morgan fingerprint density at radius 1 is 1.12 bits per heavy atom. The molecule has 0 bridgehead atoms. The van der Waals surface area contributed by atoms with E-state index >= 15 is 0 Å². The number of benzene rings is 2. The van der Waals surface area contributed by atoms with E-state index < -0.39 is 34.6 Å². The number of hydrogen-bond acceptors (Lipinski definition) is 5. The highest BCUT2D eigenvalue weighted by atomic mass is 32.2. The first-order valence-corrected chi connectivity index (χ1v) is 10.6. The number of hydrogen-bond donors (Lipinski definition) is 2.